The van der Waals surface area contributed by atoms with Crippen molar-refractivity contribution >= 4 is 29.1 Å². The Kier molecular flexibility index (Phi) is 6.48. The van der Waals surface area contributed by atoms with Gasteiger partial charge in [0.1, 0.15) is 5.82 Å². The molecule has 2 N–H and O–H groups in total. The lowest BCUT2D eigenvalue weighted by Gasteiger charge is -2.32. The second-order valence-electron chi connectivity index (χ2n) is 6.75. The molecule has 0 atom stereocenters. The summed E-state index contributed by atoms with van der Waals surface area (Å²) in [5.41, 5.74) is 0. The summed E-state index contributed by atoms with van der Waals surface area (Å²) in [6.07, 6.45) is 5.76. The van der Waals surface area contributed by atoms with Crippen molar-refractivity contribution in [2.24, 2.45) is 7.05 Å². The number of aromatic nitrogens is 2. The van der Waals surface area contributed by atoms with Crippen LogP contribution in [0.3, 0.4) is 0 Å². The van der Waals surface area contributed by atoms with E-state index in [0.29, 0.717) is 18.2 Å². The average Bonchev–Trinajstić information content (AvgIpc) is 3.23. The second kappa shape index (κ2) is 9.03. The van der Waals surface area contributed by atoms with Gasteiger partial charge in [-0.05, 0) is 24.3 Å². The van der Waals surface area contributed by atoms with Crippen molar-refractivity contribution in [2.75, 3.05) is 31.1 Å². The van der Waals surface area contributed by atoms with E-state index in [4.69, 9.17) is 10.2 Å². The van der Waals surface area contributed by atoms with E-state index in [2.05, 4.69) is 50.1 Å². The van der Waals surface area contributed by atoms with Gasteiger partial charge in [0.2, 0.25) is 0 Å². The number of anilines is 1. The number of carboxylic acid groups (broad SMARTS) is 2. The van der Waals surface area contributed by atoms with Gasteiger partial charge >= 0.3 is 11.9 Å². The predicted octanol–water partition coefficient (Wildman–Crippen LogP) is 2.14. The Morgan fingerprint density at radius 3 is 2.39 bits per heavy atom. The largest absolute Gasteiger partial charge is 0.478 e. The number of imidazole rings is 1. The topological polar surface area (TPSA) is 98.9 Å². The summed E-state index contributed by atoms with van der Waals surface area (Å²) in [4.78, 5) is 30.2. The maximum absolute atomic E-state index is 9.55. The molecular formula is C19H24N4O4S. The number of thiophene rings is 1. The van der Waals surface area contributed by atoms with Gasteiger partial charge in [-0.25, -0.2) is 14.6 Å². The van der Waals surface area contributed by atoms with E-state index in [0.717, 1.165) is 12.4 Å². The third-order valence-corrected chi connectivity index (χ3v) is 5.89. The van der Waals surface area contributed by atoms with Gasteiger partial charge in [-0.1, -0.05) is 6.07 Å². The van der Waals surface area contributed by atoms with Crippen molar-refractivity contribution in [3.63, 3.8) is 0 Å². The molecular weight excluding hydrogens is 380 g/mol. The Hall–Kier alpha value is -2.65. The van der Waals surface area contributed by atoms with Crippen LogP contribution < -0.4 is 4.90 Å². The number of hydrogen-bond acceptors (Lipinski definition) is 6. The molecule has 0 amide bonds. The highest BCUT2D eigenvalue weighted by Gasteiger charge is 2.30. The number of carbonyl (C=O) groups is 2. The fourth-order valence-corrected chi connectivity index (χ4v) is 4.39. The number of fused-ring (bicyclic) bond motifs is 4. The first-order valence-electron chi connectivity index (χ1n) is 9.14. The summed E-state index contributed by atoms with van der Waals surface area (Å²) in [5.74, 6) is -0.143. The average molecular weight is 404 g/mol. The van der Waals surface area contributed by atoms with Crippen LogP contribution in [-0.2, 0) is 16.6 Å². The summed E-state index contributed by atoms with van der Waals surface area (Å²) in [6, 6.07) is 4.94. The smallest absolute Gasteiger partial charge is 0.328 e. The summed E-state index contributed by atoms with van der Waals surface area (Å²) in [7, 11) is 2.15. The monoisotopic (exact) mass is 404 g/mol. The fraction of sp³-hybridized carbons (Fsp3) is 0.421. The first kappa shape index (κ1) is 20.1. The molecule has 2 aromatic rings. The first-order valence-corrected chi connectivity index (χ1v) is 10.0. The van der Waals surface area contributed by atoms with Crippen molar-refractivity contribution in [3.05, 3.63) is 35.9 Å². The van der Waals surface area contributed by atoms with E-state index in [9.17, 15) is 9.59 Å². The molecule has 3 fully saturated rings. The van der Waals surface area contributed by atoms with E-state index < -0.39 is 11.9 Å². The SMILES string of the molecule is Cn1c(N2CCN3CCC2CC3)cnc1-c1cccs1.O=C(O)/C=C/C(=O)O. The van der Waals surface area contributed by atoms with E-state index in [-0.39, 0.29) is 0 Å². The minimum atomic E-state index is -1.26. The lowest BCUT2D eigenvalue weighted by atomic mass is 10.1. The Morgan fingerprint density at radius 1 is 1.14 bits per heavy atom. The standard InChI is InChI=1S/C15H20N4S.C4H4O4/c1-17-14(11-16-15(17)13-3-2-10-20-13)19-9-8-18-6-4-12(19)5-7-18;5-3(6)1-2-4(7)8/h2-3,10-12H,4-9H2,1H3;1-2H,(H,5,6)(H,7,8)/b;2-1+. The Labute approximate surface area is 167 Å². The van der Waals surface area contributed by atoms with Gasteiger partial charge in [0.05, 0.1) is 11.1 Å². The molecule has 3 saturated heterocycles. The summed E-state index contributed by atoms with van der Waals surface area (Å²) >= 11 is 1.76. The van der Waals surface area contributed by atoms with E-state index in [1.54, 1.807) is 11.3 Å². The molecule has 28 heavy (non-hydrogen) atoms. The van der Waals surface area contributed by atoms with Gasteiger partial charge < -0.3 is 24.6 Å². The molecule has 0 radical (unpaired) electrons. The van der Waals surface area contributed by atoms with Crippen LogP contribution >= 0.6 is 11.3 Å². The summed E-state index contributed by atoms with van der Waals surface area (Å²) in [5, 5.41) is 17.7. The second-order valence-corrected chi connectivity index (χ2v) is 7.70. The number of aliphatic carboxylic acids is 2. The first-order chi connectivity index (χ1) is 13.5. The molecule has 0 saturated carbocycles. The van der Waals surface area contributed by atoms with Crippen LogP contribution in [-0.4, -0.2) is 68.8 Å². The minimum absolute atomic E-state index is 0.558. The van der Waals surface area contributed by atoms with Gasteiger partial charge in [0, 0.05) is 51.4 Å². The highest BCUT2D eigenvalue weighted by molar-refractivity contribution is 7.13. The maximum atomic E-state index is 9.55. The molecule has 150 valence electrons. The summed E-state index contributed by atoms with van der Waals surface area (Å²) in [6.45, 7) is 4.84. The highest BCUT2D eigenvalue weighted by Crippen LogP contribution is 2.31. The van der Waals surface area contributed by atoms with Gasteiger partial charge in [0.15, 0.2) is 5.82 Å². The van der Waals surface area contributed by atoms with Gasteiger partial charge in [0.25, 0.3) is 0 Å². The molecule has 2 aromatic heterocycles. The zero-order valence-corrected chi connectivity index (χ0v) is 16.5. The molecule has 9 heteroatoms. The number of hydrogen-bond donors (Lipinski definition) is 2. The molecule has 0 spiro atoms. The molecule has 5 heterocycles. The van der Waals surface area contributed by atoms with Crippen LogP contribution in [0.1, 0.15) is 12.8 Å². The Balaban J connectivity index is 0.000000242. The minimum Gasteiger partial charge on any atom is -0.478 e. The summed E-state index contributed by atoms with van der Waals surface area (Å²) < 4.78 is 2.26. The molecule has 0 aromatic carbocycles. The molecule has 5 rings (SSSR count). The van der Waals surface area contributed by atoms with Crippen molar-refractivity contribution in [1.29, 1.82) is 0 Å². The zero-order valence-electron chi connectivity index (χ0n) is 15.7. The fourth-order valence-electron chi connectivity index (χ4n) is 3.63. The van der Waals surface area contributed by atoms with E-state index in [1.807, 2.05) is 0 Å². The molecule has 0 unspecified atom stereocenters. The third-order valence-electron chi connectivity index (χ3n) is 5.02. The van der Waals surface area contributed by atoms with Crippen molar-refractivity contribution < 1.29 is 19.8 Å². The highest BCUT2D eigenvalue weighted by atomic mass is 32.1. The number of rotatable bonds is 4. The Bertz CT molecular complexity index is 822. The van der Waals surface area contributed by atoms with Crippen molar-refractivity contribution in [3.8, 4) is 10.7 Å². The van der Waals surface area contributed by atoms with Crippen LogP contribution in [0.4, 0.5) is 5.82 Å². The quantitative estimate of drug-likeness (QED) is 0.753. The van der Waals surface area contributed by atoms with Crippen molar-refractivity contribution in [2.45, 2.75) is 18.9 Å². The van der Waals surface area contributed by atoms with Gasteiger partial charge in [-0.3, -0.25) is 0 Å². The lowest BCUT2D eigenvalue weighted by molar-refractivity contribution is -0.134. The number of nitrogens with zero attached hydrogens (tertiary/aromatic N) is 4. The normalized spacial score (nSPS) is 21.2. The van der Waals surface area contributed by atoms with E-state index in [1.165, 1.54) is 43.2 Å². The Morgan fingerprint density at radius 2 is 1.82 bits per heavy atom. The predicted molar refractivity (Wildman–Crippen MR) is 108 cm³/mol. The van der Waals surface area contributed by atoms with Gasteiger partial charge in [-0.15, -0.1) is 11.3 Å². The molecule has 8 nitrogen and oxygen atoms in total. The third kappa shape index (κ3) is 4.79. The van der Waals surface area contributed by atoms with Gasteiger partial charge in [-0.2, -0.15) is 0 Å². The number of carboxylic acids is 2. The van der Waals surface area contributed by atoms with Crippen molar-refractivity contribution in [1.82, 2.24) is 14.5 Å². The molecule has 2 bridgehead atoms. The molecule has 3 aliphatic rings. The lowest BCUT2D eigenvalue weighted by Crippen LogP contribution is -2.38. The van der Waals surface area contributed by atoms with Crippen LogP contribution in [0.15, 0.2) is 35.9 Å². The van der Waals surface area contributed by atoms with Crippen LogP contribution in [0.25, 0.3) is 10.7 Å². The number of piperidine rings is 1. The molecule has 3 aliphatic heterocycles. The zero-order chi connectivity index (χ0) is 20.1. The maximum Gasteiger partial charge on any atom is 0.328 e. The van der Waals surface area contributed by atoms with Crippen LogP contribution in [0.2, 0.25) is 0 Å². The van der Waals surface area contributed by atoms with Crippen LogP contribution in [0.5, 0.6) is 0 Å². The van der Waals surface area contributed by atoms with E-state index >= 15 is 0 Å². The molecule has 0 aliphatic carbocycles. The van der Waals surface area contributed by atoms with Crippen LogP contribution in [0, 0.1) is 0 Å².